The fourth-order valence-corrected chi connectivity index (χ4v) is 4.85. The Kier molecular flexibility index (Phi) is 6.28. The van der Waals surface area contributed by atoms with Gasteiger partial charge in [0.15, 0.2) is 0 Å². The molecule has 3 rings (SSSR count). The minimum Gasteiger partial charge on any atom is -0.352 e. The van der Waals surface area contributed by atoms with Crippen LogP contribution in [0.4, 0.5) is 13.2 Å². The molecule has 0 aliphatic carbocycles. The van der Waals surface area contributed by atoms with Crippen LogP contribution in [0.3, 0.4) is 0 Å². The van der Waals surface area contributed by atoms with Gasteiger partial charge in [0.1, 0.15) is 0 Å². The molecular formula is C20H21F3N2O3S. The van der Waals surface area contributed by atoms with Crippen molar-refractivity contribution in [3.8, 4) is 0 Å². The van der Waals surface area contributed by atoms with Gasteiger partial charge in [0.05, 0.1) is 16.4 Å². The second-order valence-electron chi connectivity index (χ2n) is 6.93. The Morgan fingerprint density at radius 1 is 1.10 bits per heavy atom. The minimum absolute atomic E-state index is 0.0473. The van der Waals surface area contributed by atoms with Crippen LogP contribution in [0, 0.1) is 5.92 Å². The van der Waals surface area contributed by atoms with E-state index in [1.165, 1.54) is 28.6 Å². The van der Waals surface area contributed by atoms with Crippen LogP contribution in [0.1, 0.15) is 24.0 Å². The van der Waals surface area contributed by atoms with Gasteiger partial charge in [-0.25, -0.2) is 8.42 Å². The Balaban J connectivity index is 1.63. The summed E-state index contributed by atoms with van der Waals surface area (Å²) in [6, 6.07) is 12.8. The third-order valence-electron chi connectivity index (χ3n) is 4.86. The number of benzene rings is 2. The molecule has 0 bridgehead atoms. The van der Waals surface area contributed by atoms with Crippen molar-refractivity contribution in [2.75, 3.05) is 13.1 Å². The number of nitrogens with zero attached hydrogens (tertiary/aromatic N) is 1. The average Bonchev–Trinajstić information content (AvgIpc) is 2.72. The van der Waals surface area contributed by atoms with E-state index in [2.05, 4.69) is 5.32 Å². The molecule has 156 valence electrons. The van der Waals surface area contributed by atoms with E-state index in [-0.39, 0.29) is 23.9 Å². The molecule has 2 aromatic carbocycles. The van der Waals surface area contributed by atoms with Crippen LogP contribution in [0.25, 0.3) is 0 Å². The molecule has 0 aromatic heterocycles. The highest BCUT2D eigenvalue weighted by atomic mass is 32.2. The number of rotatable bonds is 5. The average molecular weight is 426 g/mol. The largest absolute Gasteiger partial charge is 0.416 e. The number of nitrogens with one attached hydrogen (secondary N) is 1. The van der Waals surface area contributed by atoms with Crippen molar-refractivity contribution < 1.29 is 26.4 Å². The third-order valence-corrected chi connectivity index (χ3v) is 6.74. The molecule has 1 N–H and O–H groups in total. The fraction of sp³-hybridized carbons (Fsp3) is 0.350. The van der Waals surface area contributed by atoms with Gasteiger partial charge in [-0.15, -0.1) is 0 Å². The Morgan fingerprint density at radius 2 is 1.83 bits per heavy atom. The number of alkyl halides is 3. The first-order chi connectivity index (χ1) is 13.7. The van der Waals surface area contributed by atoms with E-state index < -0.39 is 27.7 Å². The van der Waals surface area contributed by atoms with Crippen LogP contribution in [-0.2, 0) is 27.5 Å². The fourth-order valence-electron chi connectivity index (χ4n) is 3.31. The number of hydrogen-bond donors (Lipinski definition) is 1. The second-order valence-corrected chi connectivity index (χ2v) is 8.87. The van der Waals surface area contributed by atoms with Crippen LogP contribution in [0.15, 0.2) is 59.5 Å². The number of halogens is 3. The lowest BCUT2D eigenvalue weighted by Gasteiger charge is -2.31. The Hall–Kier alpha value is -2.39. The lowest BCUT2D eigenvalue weighted by atomic mass is 9.98. The first-order valence-electron chi connectivity index (χ1n) is 9.17. The Morgan fingerprint density at radius 3 is 2.52 bits per heavy atom. The van der Waals surface area contributed by atoms with E-state index in [0.717, 1.165) is 12.1 Å². The maximum atomic E-state index is 12.8. The van der Waals surface area contributed by atoms with Gasteiger partial charge in [-0.3, -0.25) is 4.79 Å². The van der Waals surface area contributed by atoms with Crippen LogP contribution in [0.2, 0.25) is 0 Å². The highest BCUT2D eigenvalue weighted by molar-refractivity contribution is 7.89. The van der Waals surface area contributed by atoms with E-state index >= 15 is 0 Å². The molecule has 0 unspecified atom stereocenters. The van der Waals surface area contributed by atoms with Gasteiger partial charge in [0, 0.05) is 19.6 Å². The first kappa shape index (κ1) is 21.3. The molecule has 2 aromatic rings. The summed E-state index contributed by atoms with van der Waals surface area (Å²) in [7, 11) is -3.69. The number of piperidine rings is 1. The molecule has 1 fully saturated rings. The summed E-state index contributed by atoms with van der Waals surface area (Å²) >= 11 is 0. The zero-order valence-corrected chi connectivity index (χ0v) is 16.3. The van der Waals surface area contributed by atoms with Crippen LogP contribution in [-0.4, -0.2) is 31.7 Å². The van der Waals surface area contributed by atoms with Crippen LogP contribution < -0.4 is 5.32 Å². The quantitative estimate of drug-likeness (QED) is 0.797. The van der Waals surface area contributed by atoms with E-state index in [4.69, 9.17) is 0 Å². The standard InChI is InChI=1S/C20H21F3N2O3S/c21-20(22,23)17-8-4-6-15(12-17)13-24-19(26)16-7-5-11-25(14-16)29(27,28)18-9-2-1-3-10-18/h1-4,6,8-10,12,16H,5,7,11,13-14H2,(H,24,26)/t16-/m1/s1. The highest BCUT2D eigenvalue weighted by Gasteiger charge is 2.33. The molecule has 9 heteroatoms. The summed E-state index contributed by atoms with van der Waals surface area (Å²) in [5, 5.41) is 2.63. The third kappa shape index (κ3) is 5.16. The molecule has 1 atom stereocenters. The maximum absolute atomic E-state index is 12.8. The van der Waals surface area contributed by atoms with Gasteiger partial charge in [-0.2, -0.15) is 17.5 Å². The molecule has 1 saturated heterocycles. The van der Waals surface area contributed by atoms with Gasteiger partial charge in [-0.1, -0.05) is 30.3 Å². The van der Waals surface area contributed by atoms with Crippen molar-refractivity contribution >= 4 is 15.9 Å². The molecule has 1 amide bonds. The van der Waals surface area contributed by atoms with E-state index in [9.17, 15) is 26.4 Å². The SMILES string of the molecule is O=C(NCc1cccc(C(F)(F)F)c1)[C@@H]1CCCN(S(=O)(=O)c2ccccc2)C1. The first-order valence-corrected chi connectivity index (χ1v) is 10.6. The van der Waals surface area contributed by atoms with Gasteiger partial charge in [0.25, 0.3) is 0 Å². The van der Waals surface area contributed by atoms with Crippen molar-refractivity contribution in [2.45, 2.75) is 30.5 Å². The Bertz CT molecular complexity index is 962. The summed E-state index contributed by atoms with van der Waals surface area (Å²) in [4.78, 5) is 12.7. The number of amides is 1. The predicted octanol–water partition coefficient (Wildman–Crippen LogP) is 3.42. The minimum atomic E-state index is -4.45. The zero-order valence-electron chi connectivity index (χ0n) is 15.5. The van der Waals surface area contributed by atoms with Gasteiger partial charge >= 0.3 is 6.18 Å². The molecule has 1 heterocycles. The molecule has 0 saturated carbocycles. The number of carbonyl (C=O) groups excluding carboxylic acids is 1. The maximum Gasteiger partial charge on any atom is 0.416 e. The summed E-state index contributed by atoms with van der Waals surface area (Å²) in [6.45, 7) is 0.324. The van der Waals surface area contributed by atoms with E-state index in [1.54, 1.807) is 18.2 Å². The zero-order chi connectivity index (χ0) is 21.1. The molecule has 5 nitrogen and oxygen atoms in total. The van der Waals surface area contributed by atoms with Crippen LogP contribution in [0.5, 0.6) is 0 Å². The molecule has 1 aliphatic heterocycles. The van der Waals surface area contributed by atoms with Crippen LogP contribution >= 0.6 is 0 Å². The van der Waals surface area contributed by atoms with Crippen molar-refractivity contribution in [3.63, 3.8) is 0 Å². The van der Waals surface area contributed by atoms with E-state index in [1.807, 2.05) is 0 Å². The normalized spacial score (nSPS) is 18.4. The summed E-state index contributed by atoms with van der Waals surface area (Å²) < 4.78 is 65.2. The molecule has 29 heavy (non-hydrogen) atoms. The molecule has 0 spiro atoms. The van der Waals surface area contributed by atoms with Crippen molar-refractivity contribution in [1.82, 2.24) is 9.62 Å². The van der Waals surface area contributed by atoms with E-state index in [0.29, 0.717) is 24.9 Å². The number of hydrogen-bond acceptors (Lipinski definition) is 3. The topological polar surface area (TPSA) is 66.5 Å². The molecule has 0 radical (unpaired) electrons. The predicted molar refractivity (Wildman–Crippen MR) is 101 cm³/mol. The van der Waals surface area contributed by atoms with Gasteiger partial charge in [0.2, 0.25) is 15.9 Å². The molecule has 1 aliphatic rings. The summed E-state index contributed by atoms with van der Waals surface area (Å²) in [5.74, 6) is -0.914. The summed E-state index contributed by atoms with van der Waals surface area (Å²) in [6.07, 6.45) is -3.39. The van der Waals surface area contributed by atoms with Crippen molar-refractivity contribution in [1.29, 1.82) is 0 Å². The van der Waals surface area contributed by atoms with Crippen molar-refractivity contribution in [2.24, 2.45) is 5.92 Å². The van der Waals surface area contributed by atoms with Crippen molar-refractivity contribution in [3.05, 3.63) is 65.7 Å². The lowest BCUT2D eigenvalue weighted by molar-refractivity contribution is -0.137. The second kappa shape index (κ2) is 8.54. The number of sulfonamides is 1. The highest BCUT2D eigenvalue weighted by Crippen LogP contribution is 2.29. The van der Waals surface area contributed by atoms with Gasteiger partial charge < -0.3 is 5.32 Å². The van der Waals surface area contributed by atoms with Gasteiger partial charge in [-0.05, 0) is 42.7 Å². The summed E-state index contributed by atoms with van der Waals surface area (Å²) in [5.41, 5.74) is -0.445. The lowest BCUT2D eigenvalue weighted by Crippen LogP contribution is -2.45. The smallest absolute Gasteiger partial charge is 0.352 e. The Labute approximate surface area is 167 Å². The molecular weight excluding hydrogens is 405 g/mol. The monoisotopic (exact) mass is 426 g/mol. The number of carbonyl (C=O) groups is 1.